The van der Waals surface area contributed by atoms with Crippen LogP contribution in [0.3, 0.4) is 0 Å². The van der Waals surface area contributed by atoms with Crippen LogP contribution in [0.15, 0.2) is 47.5 Å². The average molecular weight is 414 g/mol. The lowest BCUT2D eigenvalue weighted by Gasteiger charge is -2.07. The van der Waals surface area contributed by atoms with E-state index in [1.54, 1.807) is 35.8 Å². The zero-order valence-electron chi connectivity index (χ0n) is 16.5. The molecule has 0 spiro atoms. The van der Waals surface area contributed by atoms with Crippen molar-refractivity contribution in [1.82, 2.24) is 4.57 Å². The number of esters is 1. The molecule has 0 unspecified atom stereocenters. The molecule has 0 saturated heterocycles. The van der Waals surface area contributed by atoms with Crippen LogP contribution >= 0.6 is 11.3 Å². The van der Waals surface area contributed by atoms with Crippen molar-refractivity contribution in [2.24, 2.45) is 4.99 Å². The van der Waals surface area contributed by atoms with E-state index in [-0.39, 0.29) is 13.2 Å². The standard InChI is InChI=1S/C21H22N2O5S/c1-4-27-14-10-11-16-18(12-14)29-21(23(16)13-19(24)28-5-2)22-20(25)15-8-6-7-9-17(15)26-3/h6-12H,4-5,13H2,1-3H3. The summed E-state index contributed by atoms with van der Waals surface area (Å²) in [5.41, 5.74) is 1.13. The Labute approximate surface area is 172 Å². The first-order valence-corrected chi connectivity index (χ1v) is 10.0. The number of nitrogens with zero attached hydrogens (tertiary/aromatic N) is 2. The van der Waals surface area contributed by atoms with Gasteiger partial charge in [0.25, 0.3) is 5.91 Å². The van der Waals surface area contributed by atoms with Crippen molar-refractivity contribution in [3.8, 4) is 11.5 Å². The number of aromatic nitrogens is 1. The molecule has 2 aromatic carbocycles. The third kappa shape index (κ3) is 4.65. The summed E-state index contributed by atoms with van der Waals surface area (Å²) in [7, 11) is 1.50. The van der Waals surface area contributed by atoms with Crippen LogP contribution in [0.4, 0.5) is 0 Å². The summed E-state index contributed by atoms with van der Waals surface area (Å²) < 4.78 is 18.4. The van der Waals surface area contributed by atoms with Gasteiger partial charge in [0.2, 0.25) is 0 Å². The van der Waals surface area contributed by atoms with Crippen molar-refractivity contribution in [2.45, 2.75) is 20.4 Å². The molecule has 29 heavy (non-hydrogen) atoms. The Balaban J connectivity index is 2.12. The normalized spacial score (nSPS) is 11.5. The second kappa shape index (κ2) is 9.38. The van der Waals surface area contributed by atoms with Crippen LogP contribution in [-0.4, -0.2) is 36.8 Å². The number of para-hydroxylation sites is 1. The molecular weight excluding hydrogens is 392 g/mol. The molecule has 0 aliphatic heterocycles. The lowest BCUT2D eigenvalue weighted by atomic mass is 10.2. The fourth-order valence-corrected chi connectivity index (χ4v) is 3.91. The van der Waals surface area contributed by atoms with Gasteiger partial charge in [-0.1, -0.05) is 23.5 Å². The summed E-state index contributed by atoms with van der Waals surface area (Å²) in [6, 6.07) is 12.4. The van der Waals surface area contributed by atoms with Gasteiger partial charge in [-0.15, -0.1) is 0 Å². The van der Waals surface area contributed by atoms with Gasteiger partial charge in [-0.2, -0.15) is 4.99 Å². The van der Waals surface area contributed by atoms with Gasteiger partial charge in [-0.25, -0.2) is 0 Å². The largest absolute Gasteiger partial charge is 0.496 e. The van der Waals surface area contributed by atoms with Gasteiger partial charge < -0.3 is 18.8 Å². The van der Waals surface area contributed by atoms with Crippen LogP contribution in [0, 0.1) is 0 Å². The number of hydrogen-bond donors (Lipinski definition) is 0. The fraction of sp³-hybridized carbons (Fsp3) is 0.286. The smallest absolute Gasteiger partial charge is 0.326 e. The first kappa shape index (κ1) is 20.6. The van der Waals surface area contributed by atoms with Gasteiger partial charge in [-0.3, -0.25) is 9.59 Å². The van der Waals surface area contributed by atoms with Crippen LogP contribution in [0.25, 0.3) is 10.2 Å². The average Bonchev–Trinajstić information content (AvgIpc) is 3.04. The third-order valence-corrected chi connectivity index (χ3v) is 5.13. The molecule has 8 heteroatoms. The fourth-order valence-electron chi connectivity index (χ4n) is 2.85. The highest BCUT2D eigenvalue weighted by molar-refractivity contribution is 7.16. The van der Waals surface area contributed by atoms with Gasteiger partial charge >= 0.3 is 5.97 Å². The Morgan fingerprint density at radius 2 is 1.90 bits per heavy atom. The second-order valence-corrected chi connectivity index (χ2v) is 6.96. The number of rotatable bonds is 7. The molecule has 0 fully saturated rings. The Morgan fingerprint density at radius 1 is 1.10 bits per heavy atom. The first-order chi connectivity index (χ1) is 14.1. The number of ether oxygens (including phenoxy) is 3. The maximum Gasteiger partial charge on any atom is 0.326 e. The second-order valence-electron chi connectivity index (χ2n) is 5.96. The number of benzene rings is 2. The molecule has 152 valence electrons. The lowest BCUT2D eigenvalue weighted by molar-refractivity contribution is -0.143. The number of thiazole rings is 1. The Hall–Kier alpha value is -3.13. The van der Waals surface area contributed by atoms with Crippen molar-refractivity contribution in [3.63, 3.8) is 0 Å². The van der Waals surface area contributed by atoms with Crippen LogP contribution in [-0.2, 0) is 16.1 Å². The summed E-state index contributed by atoms with van der Waals surface area (Å²) in [5.74, 6) is 0.314. The van der Waals surface area contributed by atoms with Crippen molar-refractivity contribution in [1.29, 1.82) is 0 Å². The molecule has 0 aliphatic rings. The van der Waals surface area contributed by atoms with Crippen molar-refractivity contribution < 1.29 is 23.8 Å². The minimum absolute atomic E-state index is 0.0418. The summed E-state index contributed by atoms with van der Waals surface area (Å²) in [5, 5.41) is 0. The van der Waals surface area contributed by atoms with E-state index in [1.807, 2.05) is 25.1 Å². The van der Waals surface area contributed by atoms with E-state index in [0.717, 1.165) is 10.2 Å². The van der Waals surface area contributed by atoms with Crippen molar-refractivity contribution >= 4 is 33.4 Å². The van der Waals surface area contributed by atoms with E-state index in [0.29, 0.717) is 28.5 Å². The molecular formula is C21H22N2O5S. The quantitative estimate of drug-likeness (QED) is 0.554. The van der Waals surface area contributed by atoms with Crippen LogP contribution < -0.4 is 14.3 Å². The number of carbonyl (C=O) groups is 2. The topological polar surface area (TPSA) is 79.1 Å². The minimum atomic E-state index is -0.448. The third-order valence-electron chi connectivity index (χ3n) is 4.09. The Morgan fingerprint density at radius 3 is 2.62 bits per heavy atom. The van der Waals surface area contributed by atoms with E-state index < -0.39 is 11.9 Å². The van der Waals surface area contributed by atoms with E-state index in [2.05, 4.69) is 4.99 Å². The summed E-state index contributed by atoms with van der Waals surface area (Å²) in [6.07, 6.45) is 0. The highest BCUT2D eigenvalue weighted by atomic mass is 32.1. The predicted molar refractivity (Wildman–Crippen MR) is 111 cm³/mol. The Kier molecular flexibility index (Phi) is 6.66. The van der Waals surface area contributed by atoms with Crippen molar-refractivity contribution in [2.75, 3.05) is 20.3 Å². The zero-order chi connectivity index (χ0) is 20.8. The monoisotopic (exact) mass is 414 g/mol. The molecule has 0 saturated carbocycles. The molecule has 0 atom stereocenters. The SMILES string of the molecule is CCOC(=O)Cn1c(=NC(=O)c2ccccc2OC)sc2cc(OCC)ccc21. The molecule has 3 aromatic rings. The molecule has 1 heterocycles. The number of carbonyl (C=O) groups excluding carboxylic acids is 2. The molecule has 0 radical (unpaired) electrons. The van der Waals surface area contributed by atoms with E-state index in [9.17, 15) is 9.59 Å². The lowest BCUT2D eigenvalue weighted by Crippen LogP contribution is -2.23. The van der Waals surface area contributed by atoms with Gasteiger partial charge in [-0.05, 0) is 44.2 Å². The molecule has 3 rings (SSSR count). The van der Waals surface area contributed by atoms with Gasteiger partial charge in [0.15, 0.2) is 4.80 Å². The number of fused-ring (bicyclic) bond motifs is 1. The van der Waals surface area contributed by atoms with Crippen LogP contribution in [0.2, 0.25) is 0 Å². The summed E-state index contributed by atoms with van der Waals surface area (Å²) >= 11 is 1.31. The van der Waals surface area contributed by atoms with E-state index >= 15 is 0 Å². The molecule has 1 aromatic heterocycles. The molecule has 0 aliphatic carbocycles. The number of hydrogen-bond acceptors (Lipinski definition) is 6. The van der Waals surface area contributed by atoms with Crippen molar-refractivity contribution in [3.05, 3.63) is 52.8 Å². The van der Waals surface area contributed by atoms with Gasteiger partial charge in [0.05, 0.1) is 36.1 Å². The van der Waals surface area contributed by atoms with Gasteiger partial charge in [0, 0.05) is 0 Å². The maximum atomic E-state index is 12.8. The highest BCUT2D eigenvalue weighted by Crippen LogP contribution is 2.24. The van der Waals surface area contributed by atoms with E-state index in [4.69, 9.17) is 14.2 Å². The van der Waals surface area contributed by atoms with Crippen LogP contribution in [0.5, 0.6) is 11.5 Å². The van der Waals surface area contributed by atoms with Crippen LogP contribution in [0.1, 0.15) is 24.2 Å². The highest BCUT2D eigenvalue weighted by Gasteiger charge is 2.15. The minimum Gasteiger partial charge on any atom is -0.496 e. The number of methoxy groups -OCH3 is 1. The molecule has 7 nitrogen and oxygen atoms in total. The molecule has 1 amide bonds. The predicted octanol–water partition coefficient (Wildman–Crippen LogP) is 3.41. The summed E-state index contributed by atoms with van der Waals surface area (Å²) in [4.78, 5) is 29.6. The summed E-state index contributed by atoms with van der Waals surface area (Å²) in [6.45, 7) is 4.44. The molecule has 0 bridgehead atoms. The van der Waals surface area contributed by atoms with E-state index in [1.165, 1.54) is 18.4 Å². The van der Waals surface area contributed by atoms with Gasteiger partial charge in [0.1, 0.15) is 18.0 Å². The first-order valence-electron chi connectivity index (χ1n) is 9.21. The zero-order valence-corrected chi connectivity index (χ0v) is 17.3. The molecule has 0 N–H and O–H groups in total. The number of amides is 1. The Bertz CT molecular complexity index is 1100. The maximum absolute atomic E-state index is 12.8.